The number of carbonyl (C=O) groups is 1. The van der Waals surface area contributed by atoms with E-state index in [2.05, 4.69) is 52.1 Å². The number of carbonyl (C=O) groups excluding carboxylic acids is 1. The van der Waals surface area contributed by atoms with E-state index in [1.54, 1.807) is 0 Å². The molecule has 0 bridgehead atoms. The lowest BCUT2D eigenvalue weighted by Crippen LogP contribution is -2.53. The molecule has 0 saturated carbocycles. The number of amides is 1. The van der Waals surface area contributed by atoms with Crippen molar-refractivity contribution < 1.29 is 9.53 Å². The van der Waals surface area contributed by atoms with Gasteiger partial charge in [0.15, 0.2) is 0 Å². The summed E-state index contributed by atoms with van der Waals surface area (Å²) in [6, 6.07) is 18.6. The molecule has 2 unspecified atom stereocenters. The van der Waals surface area contributed by atoms with E-state index in [9.17, 15) is 4.79 Å². The standard InChI is InChI=1S/C23H30N4O2/c1-2-29-20-10-8-19(9-11-20)21-16-22(25-24-21)23(28)27-14-12-26(13-15-27)17-18-6-4-3-5-7-18/h3-11,21-22,24-25H,2,12-17H2,1H3. The SMILES string of the molecule is CCOc1ccc(C2CC(C(=O)N3CCN(Cc4ccccc4)CC3)NN2)cc1. The molecule has 2 N–H and O–H groups in total. The Morgan fingerprint density at radius 2 is 1.72 bits per heavy atom. The summed E-state index contributed by atoms with van der Waals surface area (Å²) in [6.45, 7) is 7.01. The fourth-order valence-corrected chi connectivity index (χ4v) is 4.09. The zero-order valence-electron chi connectivity index (χ0n) is 17.0. The van der Waals surface area contributed by atoms with Crippen LogP contribution in [0.2, 0.25) is 0 Å². The van der Waals surface area contributed by atoms with Gasteiger partial charge in [-0.15, -0.1) is 0 Å². The topological polar surface area (TPSA) is 56.8 Å². The molecule has 4 rings (SSSR count). The van der Waals surface area contributed by atoms with E-state index in [0.29, 0.717) is 6.61 Å². The Bertz CT molecular complexity index is 788. The molecule has 6 nitrogen and oxygen atoms in total. The van der Waals surface area contributed by atoms with Gasteiger partial charge in [0.1, 0.15) is 11.8 Å². The number of hydrazine groups is 1. The molecule has 2 fully saturated rings. The largest absolute Gasteiger partial charge is 0.494 e. The van der Waals surface area contributed by atoms with Crippen LogP contribution >= 0.6 is 0 Å². The molecule has 2 aromatic rings. The molecule has 29 heavy (non-hydrogen) atoms. The first-order chi connectivity index (χ1) is 14.2. The lowest BCUT2D eigenvalue weighted by Gasteiger charge is -2.35. The molecule has 6 heteroatoms. The average Bonchev–Trinajstić information content (AvgIpc) is 3.26. The fourth-order valence-electron chi connectivity index (χ4n) is 4.09. The van der Waals surface area contributed by atoms with E-state index in [1.165, 1.54) is 11.1 Å². The predicted molar refractivity (Wildman–Crippen MR) is 113 cm³/mol. The van der Waals surface area contributed by atoms with Crippen LogP contribution in [-0.2, 0) is 11.3 Å². The Balaban J connectivity index is 1.26. The van der Waals surface area contributed by atoms with Crippen molar-refractivity contribution in [3.63, 3.8) is 0 Å². The van der Waals surface area contributed by atoms with Gasteiger partial charge in [0.25, 0.3) is 0 Å². The third kappa shape index (κ3) is 4.96. The smallest absolute Gasteiger partial charge is 0.241 e. The van der Waals surface area contributed by atoms with Crippen molar-refractivity contribution in [1.29, 1.82) is 0 Å². The summed E-state index contributed by atoms with van der Waals surface area (Å²) in [7, 11) is 0. The normalized spacial score (nSPS) is 22.6. The number of hydrogen-bond donors (Lipinski definition) is 2. The van der Waals surface area contributed by atoms with Crippen LogP contribution < -0.4 is 15.6 Å². The number of nitrogens with zero attached hydrogens (tertiary/aromatic N) is 2. The van der Waals surface area contributed by atoms with Crippen LogP contribution in [0, 0.1) is 0 Å². The highest BCUT2D eigenvalue weighted by atomic mass is 16.5. The maximum atomic E-state index is 13.0. The Kier molecular flexibility index (Phi) is 6.44. The highest BCUT2D eigenvalue weighted by Crippen LogP contribution is 2.25. The van der Waals surface area contributed by atoms with Crippen molar-refractivity contribution in [3.05, 3.63) is 65.7 Å². The molecule has 2 aliphatic heterocycles. The molecule has 2 atom stereocenters. The Hall–Kier alpha value is -2.41. The highest BCUT2D eigenvalue weighted by molar-refractivity contribution is 5.82. The molecule has 2 aromatic carbocycles. The van der Waals surface area contributed by atoms with Gasteiger partial charge in [-0.25, -0.2) is 10.9 Å². The molecule has 2 saturated heterocycles. The molecule has 0 radical (unpaired) electrons. The minimum Gasteiger partial charge on any atom is -0.494 e. The predicted octanol–water partition coefficient (Wildman–Crippen LogP) is 2.34. The third-order valence-corrected chi connectivity index (χ3v) is 5.73. The number of rotatable bonds is 6. The second-order valence-corrected chi connectivity index (χ2v) is 7.72. The van der Waals surface area contributed by atoms with Gasteiger partial charge in [-0.05, 0) is 36.6 Å². The maximum Gasteiger partial charge on any atom is 0.241 e. The van der Waals surface area contributed by atoms with Gasteiger partial charge in [0.2, 0.25) is 5.91 Å². The molecule has 0 aliphatic carbocycles. The maximum absolute atomic E-state index is 13.0. The lowest BCUT2D eigenvalue weighted by atomic mass is 10.0. The van der Waals surface area contributed by atoms with Crippen molar-refractivity contribution in [2.75, 3.05) is 32.8 Å². The minimum atomic E-state index is -0.174. The van der Waals surface area contributed by atoms with Crippen LogP contribution in [0.3, 0.4) is 0 Å². The molecular weight excluding hydrogens is 364 g/mol. The first kappa shape index (κ1) is 19.9. The van der Waals surface area contributed by atoms with Crippen LogP contribution in [0.5, 0.6) is 5.75 Å². The Morgan fingerprint density at radius 1 is 1.00 bits per heavy atom. The van der Waals surface area contributed by atoms with E-state index in [1.807, 2.05) is 30.0 Å². The van der Waals surface area contributed by atoms with E-state index >= 15 is 0 Å². The van der Waals surface area contributed by atoms with E-state index in [0.717, 1.165) is 44.9 Å². The van der Waals surface area contributed by atoms with Gasteiger partial charge in [0.05, 0.1) is 6.61 Å². The van der Waals surface area contributed by atoms with Crippen LogP contribution in [0.25, 0.3) is 0 Å². The van der Waals surface area contributed by atoms with Crippen LogP contribution in [-0.4, -0.2) is 54.5 Å². The highest BCUT2D eigenvalue weighted by Gasteiger charge is 2.34. The monoisotopic (exact) mass is 394 g/mol. The number of ether oxygens (including phenoxy) is 1. The van der Waals surface area contributed by atoms with E-state index in [4.69, 9.17) is 4.74 Å². The van der Waals surface area contributed by atoms with Crippen LogP contribution in [0.4, 0.5) is 0 Å². The van der Waals surface area contributed by atoms with Crippen molar-refractivity contribution in [2.24, 2.45) is 0 Å². The van der Waals surface area contributed by atoms with Crippen LogP contribution in [0.1, 0.15) is 30.5 Å². The van der Waals surface area contributed by atoms with Gasteiger partial charge in [-0.3, -0.25) is 9.69 Å². The first-order valence-electron chi connectivity index (χ1n) is 10.5. The summed E-state index contributed by atoms with van der Waals surface area (Å²) in [5.41, 5.74) is 8.99. The molecular formula is C23H30N4O2. The Labute approximate surface area is 172 Å². The summed E-state index contributed by atoms with van der Waals surface area (Å²) in [4.78, 5) is 17.4. The van der Waals surface area contributed by atoms with Gasteiger partial charge >= 0.3 is 0 Å². The van der Waals surface area contributed by atoms with Gasteiger partial charge < -0.3 is 9.64 Å². The second-order valence-electron chi connectivity index (χ2n) is 7.72. The molecule has 2 heterocycles. The van der Waals surface area contributed by atoms with Gasteiger partial charge in [0, 0.05) is 38.8 Å². The number of benzene rings is 2. The minimum absolute atomic E-state index is 0.138. The fraction of sp³-hybridized carbons (Fsp3) is 0.435. The van der Waals surface area contributed by atoms with Crippen LogP contribution in [0.15, 0.2) is 54.6 Å². The van der Waals surface area contributed by atoms with E-state index in [-0.39, 0.29) is 18.0 Å². The summed E-state index contributed by atoms with van der Waals surface area (Å²) in [5, 5.41) is 0. The number of hydrogen-bond acceptors (Lipinski definition) is 5. The molecule has 154 valence electrons. The summed E-state index contributed by atoms with van der Waals surface area (Å²) < 4.78 is 5.51. The number of piperazine rings is 1. The molecule has 0 aromatic heterocycles. The second kappa shape index (κ2) is 9.39. The summed E-state index contributed by atoms with van der Waals surface area (Å²) in [5.74, 6) is 1.08. The zero-order valence-corrected chi connectivity index (χ0v) is 17.0. The molecule has 0 spiro atoms. The van der Waals surface area contributed by atoms with Crippen molar-refractivity contribution in [2.45, 2.75) is 32.0 Å². The zero-order chi connectivity index (χ0) is 20.1. The molecule has 1 amide bonds. The van der Waals surface area contributed by atoms with Gasteiger partial charge in [-0.2, -0.15) is 0 Å². The Morgan fingerprint density at radius 3 is 2.41 bits per heavy atom. The van der Waals surface area contributed by atoms with E-state index < -0.39 is 0 Å². The lowest BCUT2D eigenvalue weighted by molar-refractivity contribution is -0.135. The quantitative estimate of drug-likeness (QED) is 0.788. The average molecular weight is 395 g/mol. The first-order valence-corrected chi connectivity index (χ1v) is 10.5. The summed E-state index contributed by atoms with van der Waals surface area (Å²) in [6.07, 6.45) is 0.761. The van der Waals surface area contributed by atoms with Crippen molar-refractivity contribution in [1.82, 2.24) is 20.7 Å². The molecule has 2 aliphatic rings. The third-order valence-electron chi connectivity index (χ3n) is 5.73. The van der Waals surface area contributed by atoms with Crippen molar-refractivity contribution in [3.8, 4) is 5.75 Å². The van der Waals surface area contributed by atoms with Crippen molar-refractivity contribution >= 4 is 5.91 Å². The summed E-state index contributed by atoms with van der Waals surface area (Å²) >= 11 is 0. The number of nitrogens with one attached hydrogen (secondary N) is 2. The van der Waals surface area contributed by atoms with Gasteiger partial charge in [-0.1, -0.05) is 42.5 Å².